The molecule has 2 aromatic rings. The van der Waals surface area contributed by atoms with Gasteiger partial charge in [-0.15, -0.1) is 0 Å². The zero-order valence-corrected chi connectivity index (χ0v) is 14.8. The van der Waals surface area contributed by atoms with E-state index in [1.807, 2.05) is 12.3 Å². The Kier molecular flexibility index (Phi) is 4.71. The highest BCUT2D eigenvalue weighted by atomic mass is 79.9. The van der Waals surface area contributed by atoms with Crippen LogP contribution in [0.4, 0.5) is 15.9 Å². The lowest BCUT2D eigenvalue weighted by atomic mass is 10.2. The van der Waals surface area contributed by atoms with Crippen LogP contribution in [0.15, 0.2) is 34.9 Å². The van der Waals surface area contributed by atoms with Crippen molar-refractivity contribution in [3.63, 3.8) is 0 Å². The van der Waals surface area contributed by atoms with Crippen LogP contribution in [0, 0.1) is 12.7 Å². The van der Waals surface area contributed by atoms with Gasteiger partial charge in [-0.25, -0.2) is 9.37 Å². The number of halogens is 2. The van der Waals surface area contributed by atoms with Gasteiger partial charge < -0.3 is 14.5 Å². The van der Waals surface area contributed by atoms with Crippen molar-refractivity contribution in [3.8, 4) is 5.75 Å². The number of piperazine rings is 1. The van der Waals surface area contributed by atoms with Gasteiger partial charge in [-0.2, -0.15) is 0 Å². The molecule has 0 unspecified atom stereocenters. The van der Waals surface area contributed by atoms with Crippen molar-refractivity contribution in [2.24, 2.45) is 0 Å². The molecule has 0 aliphatic carbocycles. The van der Waals surface area contributed by atoms with Crippen LogP contribution in [0.25, 0.3) is 0 Å². The number of ether oxygens (including phenoxy) is 1. The predicted octanol–water partition coefficient (Wildman–Crippen LogP) is 3.63. The molecule has 3 rings (SSSR count). The molecule has 1 aliphatic heterocycles. The maximum Gasteiger partial charge on any atom is 0.167 e. The number of hydrogen-bond acceptors (Lipinski definition) is 4. The van der Waals surface area contributed by atoms with Crippen LogP contribution in [-0.4, -0.2) is 38.3 Å². The summed E-state index contributed by atoms with van der Waals surface area (Å²) in [4.78, 5) is 8.93. The number of aromatic nitrogens is 1. The Morgan fingerprint density at radius 3 is 2.43 bits per heavy atom. The van der Waals surface area contributed by atoms with Gasteiger partial charge in [0.15, 0.2) is 11.6 Å². The summed E-state index contributed by atoms with van der Waals surface area (Å²) in [5, 5.41) is 0. The maximum atomic E-state index is 13.9. The van der Waals surface area contributed by atoms with Crippen LogP contribution in [0.1, 0.15) is 5.56 Å². The Morgan fingerprint density at radius 1 is 1.13 bits per heavy atom. The summed E-state index contributed by atoms with van der Waals surface area (Å²) < 4.78 is 19.8. The average Bonchev–Trinajstić information content (AvgIpc) is 2.57. The SMILES string of the molecule is COc1ccc(N2CCN(c3cc(C)c(Br)cn3)CC2)cc1F. The molecule has 0 N–H and O–H groups in total. The second-order valence-electron chi connectivity index (χ2n) is 5.58. The minimum absolute atomic E-state index is 0.280. The number of benzene rings is 1. The summed E-state index contributed by atoms with van der Waals surface area (Å²) in [6.07, 6.45) is 1.84. The first-order valence-electron chi connectivity index (χ1n) is 7.54. The second-order valence-corrected chi connectivity index (χ2v) is 6.44. The van der Waals surface area contributed by atoms with Crippen LogP contribution >= 0.6 is 15.9 Å². The largest absolute Gasteiger partial charge is 0.494 e. The van der Waals surface area contributed by atoms with E-state index < -0.39 is 0 Å². The Balaban J connectivity index is 1.68. The number of pyridine rings is 1. The van der Waals surface area contributed by atoms with E-state index in [9.17, 15) is 4.39 Å². The van der Waals surface area contributed by atoms with Gasteiger partial charge in [0.05, 0.1) is 7.11 Å². The van der Waals surface area contributed by atoms with Crippen LogP contribution in [0.2, 0.25) is 0 Å². The molecule has 122 valence electrons. The maximum absolute atomic E-state index is 13.9. The fourth-order valence-electron chi connectivity index (χ4n) is 2.74. The quantitative estimate of drug-likeness (QED) is 0.813. The van der Waals surface area contributed by atoms with Crippen LogP contribution in [-0.2, 0) is 0 Å². The highest BCUT2D eigenvalue weighted by Crippen LogP contribution is 2.26. The molecule has 0 atom stereocenters. The monoisotopic (exact) mass is 379 g/mol. The van der Waals surface area contributed by atoms with Crippen molar-refractivity contribution < 1.29 is 9.13 Å². The lowest BCUT2D eigenvalue weighted by molar-refractivity contribution is 0.386. The Morgan fingerprint density at radius 2 is 1.83 bits per heavy atom. The summed E-state index contributed by atoms with van der Waals surface area (Å²) in [6.45, 7) is 5.46. The first-order chi connectivity index (χ1) is 11.1. The molecule has 1 aromatic heterocycles. The van der Waals surface area contributed by atoms with Crippen molar-refractivity contribution in [3.05, 3.63) is 46.3 Å². The standard InChI is InChI=1S/C17H19BrFN3O/c1-12-9-17(20-11-14(12)18)22-7-5-21(6-8-22)13-3-4-16(23-2)15(19)10-13/h3-4,9-11H,5-8H2,1-2H3. The number of anilines is 2. The molecule has 6 heteroatoms. The molecular weight excluding hydrogens is 361 g/mol. The number of aryl methyl sites for hydroxylation is 1. The fourth-order valence-corrected chi connectivity index (χ4v) is 2.96. The molecule has 23 heavy (non-hydrogen) atoms. The van der Waals surface area contributed by atoms with Gasteiger partial charge in [-0.1, -0.05) is 0 Å². The Bertz CT molecular complexity index is 702. The highest BCUT2D eigenvalue weighted by Gasteiger charge is 2.19. The zero-order chi connectivity index (χ0) is 16.4. The smallest absolute Gasteiger partial charge is 0.167 e. The number of nitrogens with zero attached hydrogens (tertiary/aromatic N) is 3. The number of methoxy groups -OCH3 is 1. The van der Waals surface area contributed by atoms with Crippen molar-refractivity contribution in [2.75, 3.05) is 43.1 Å². The normalized spacial score (nSPS) is 15.0. The van der Waals surface area contributed by atoms with E-state index in [0.29, 0.717) is 0 Å². The summed E-state index contributed by atoms with van der Waals surface area (Å²) >= 11 is 3.48. The molecule has 2 heterocycles. The van der Waals surface area contributed by atoms with Crippen LogP contribution in [0.5, 0.6) is 5.75 Å². The summed E-state index contributed by atoms with van der Waals surface area (Å²) in [5.41, 5.74) is 2.07. The van der Waals surface area contributed by atoms with E-state index in [1.54, 1.807) is 6.07 Å². The lowest BCUT2D eigenvalue weighted by Gasteiger charge is -2.37. The van der Waals surface area contributed by atoms with E-state index in [0.717, 1.165) is 42.2 Å². The second kappa shape index (κ2) is 6.74. The first-order valence-corrected chi connectivity index (χ1v) is 8.33. The molecule has 1 fully saturated rings. The minimum atomic E-state index is -0.322. The third-order valence-corrected chi connectivity index (χ3v) is 4.97. The van der Waals surface area contributed by atoms with Gasteiger partial charge in [0.2, 0.25) is 0 Å². The van der Waals surface area contributed by atoms with Gasteiger partial charge in [-0.3, -0.25) is 0 Å². The molecule has 0 spiro atoms. The zero-order valence-electron chi connectivity index (χ0n) is 13.2. The van der Waals surface area contributed by atoms with Crippen molar-refractivity contribution in [1.29, 1.82) is 0 Å². The topological polar surface area (TPSA) is 28.6 Å². The minimum Gasteiger partial charge on any atom is -0.494 e. The Labute approximate surface area is 144 Å². The first kappa shape index (κ1) is 16.1. The van der Waals surface area contributed by atoms with E-state index in [1.165, 1.54) is 18.7 Å². The third-order valence-electron chi connectivity index (χ3n) is 4.14. The van der Waals surface area contributed by atoms with Gasteiger partial charge in [-0.05, 0) is 46.6 Å². The molecule has 0 radical (unpaired) electrons. The third kappa shape index (κ3) is 3.42. The Hall–Kier alpha value is -1.82. The fraction of sp³-hybridized carbons (Fsp3) is 0.353. The summed E-state index contributed by atoms with van der Waals surface area (Å²) in [5.74, 6) is 0.950. The molecule has 1 saturated heterocycles. The number of hydrogen-bond donors (Lipinski definition) is 0. The molecular formula is C17H19BrFN3O. The summed E-state index contributed by atoms with van der Waals surface area (Å²) in [7, 11) is 1.48. The van der Waals surface area contributed by atoms with Crippen molar-refractivity contribution in [1.82, 2.24) is 4.98 Å². The van der Waals surface area contributed by atoms with Gasteiger partial charge in [0, 0.05) is 48.6 Å². The average molecular weight is 380 g/mol. The van der Waals surface area contributed by atoms with Crippen molar-refractivity contribution >= 4 is 27.4 Å². The van der Waals surface area contributed by atoms with Gasteiger partial charge in [0.25, 0.3) is 0 Å². The molecule has 0 amide bonds. The predicted molar refractivity (Wildman–Crippen MR) is 94.1 cm³/mol. The molecule has 0 bridgehead atoms. The van der Waals surface area contributed by atoms with Crippen LogP contribution < -0.4 is 14.5 Å². The molecule has 1 aliphatic rings. The van der Waals surface area contributed by atoms with E-state index in [2.05, 4.69) is 43.7 Å². The lowest BCUT2D eigenvalue weighted by Crippen LogP contribution is -2.46. The molecule has 1 aromatic carbocycles. The van der Waals surface area contributed by atoms with Crippen LogP contribution in [0.3, 0.4) is 0 Å². The number of rotatable bonds is 3. The van der Waals surface area contributed by atoms with E-state index in [-0.39, 0.29) is 11.6 Å². The van der Waals surface area contributed by atoms with Crippen molar-refractivity contribution in [2.45, 2.75) is 6.92 Å². The summed E-state index contributed by atoms with van der Waals surface area (Å²) in [6, 6.07) is 7.21. The molecule has 4 nitrogen and oxygen atoms in total. The van der Waals surface area contributed by atoms with E-state index in [4.69, 9.17) is 4.74 Å². The van der Waals surface area contributed by atoms with E-state index >= 15 is 0 Å². The van der Waals surface area contributed by atoms with Gasteiger partial charge >= 0.3 is 0 Å². The highest BCUT2D eigenvalue weighted by molar-refractivity contribution is 9.10. The van der Waals surface area contributed by atoms with Gasteiger partial charge in [0.1, 0.15) is 5.82 Å². The molecule has 0 saturated carbocycles.